The molecule has 0 N–H and O–H groups in total. The van der Waals surface area contributed by atoms with E-state index in [2.05, 4.69) is 88.2 Å². The molecule has 7 rings (SSSR count). The van der Waals surface area contributed by atoms with Crippen LogP contribution in [0, 0.1) is 17.8 Å². The number of epoxide rings is 1. The third-order valence-corrected chi connectivity index (χ3v) is 12.2. The number of esters is 3. The van der Waals surface area contributed by atoms with Crippen molar-refractivity contribution in [1.29, 1.82) is 0 Å². The SMILES string of the molecule is C=C(C)C(=O)Oc1ccc2c(c1)=CCC(OC(=O)C(=C)C)C=2C(c1ccc(C2C=CCCC2)cc1)C1C2C=CC(OC3(C(C)C)O[C@@H]3C)=CC2=CC[C@@H]1OC(=O)C(=C)C. The van der Waals surface area contributed by atoms with Crippen LogP contribution in [-0.2, 0) is 33.3 Å². The first-order chi connectivity index (χ1) is 28.2. The average Bonchev–Trinajstić information content (AvgIpc) is 3.88. The second kappa shape index (κ2) is 17.0. The first-order valence-corrected chi connectivity index (χ1v) is 20.8. The average molecular weight is 797 g/mol. The largest absolute Gasteiger partial charge is 0.459 e. The van der Waals surface area contributed by atoms with Crippen LogP contribution in [0.4, 0.5) is 0 Å². The fourth-order valence-corrected chi connectivity index (χ4v) is 9.04. The van der Waals surface area contributed by atoms with Crippen molar-refractivity contribution in [3.63, 3.8) is 0 Å². The molecule has 4 aliphatic carbocycles. The fourth-order valence-electron chi connectivity index (χ4n) is 9.04. The Labute approximate surface area is 348 Å². The standard InChI is InChI=1S/C51H56O8/c1-29(2)48(52)55-39-21-23-41-37(27-39)19-25-43(56-49(53)30(3)4)46(41)45(36-17-15-35(16-18-36)34-13-11-10-12-14-34)47-42-24-22-40(59-51(32(7)8)33(9)58-51)28-38(42)20-26-44(47)57-50(54)31(5)6/h11,13,15-24,27-28,32-34,42-45,47H,1,3,5,10,12,14,25-26H2,2,4,6-9H3/t33-,34?,42?,43?,44+,45?,47?,51?/m1/s1. The van der Waals surface area contributed by atoms with E-state index in [0.717, 1.165) is 46.4 Å². The van der Waals surface area contributed by atoms with Gasteiger partial charge in [0.15, 0.2) is 0 Å². The monoisotopic (exact) mass is 796 g/mol. The second-order valence-electron chi connectivity index (χ2n) is 17.0. The molecule has 0 amide bonds. The van der Waals surface area contributed by atoms with E-state index in [1.807, 2.05) is 31.2 Å². The van der Waals surface area contributed by atoms with E-state index in [1.54, 1.807) is 26.8 Å². The Kier molecular flexibility index (Phi) is 12.0. The summed E-state index contributed by atoms with van der Waals surface area (Å²) in [7, 11) is 0. The molecule has 1 aliphatic heterocycles. The van der Waals surface area contributed by atoms with Gasteiger partial charge in [0.2, 0.25) is 5.79 Å². The lowest BCUT2D eigenvalue weighted by Gasteiger charge is -2.44. The van der Waals surface area contributed by atoms with Crippen molar-refractivity contribution in [2.75, 3.05) is 0 Å². The molecule has 6 unspecified atom stereocenters. The van der Waals surface area contributed by atoms with Crippen LogP contribution in [0.15, 0.2) is 127 Å². The fraction of sp³-hybridized carbons (Fsp3) is 0.392. The summed E-state index contributed by atoms with van der Waals surface area (Å²) in [6.45, 7) is 22.7. The molecule has 5 aliphatic rings. The lowest BCUT2D eigenvalue weighted by molar-refractivity contribution is -0.148. The Bertz CT molecular complexity index is 2320. The highest BCUT2D eigenvalue weighted by atomic mass is 16.8. The van der Waals surface area contributed by atoms with Crippen LogP contribution >= 0.6 is 0 Å². The Balaban J connectivity index is 1.43. The zero-order valence-electron chi connectivity index (χ0n) is 35.1. The highest BCUT2D eigenvalue weighted by molar-refractivity contribution is 5.89. The van der Waals surface area contributed by atoms with Crippen molar-refractivity contribution in [1.82, 2.24) is 0 Å². The van der Waals surface area contributed by atoms with E-state index in [1.165, 1.54) is 5.56 Å². The van der Waals surface area contributed by atoms with Crippen LogP contribution in [0.2, 0.25) is 0 Å². The molecule has 59 heavy (non-hydrogen) atoms. The number of hydrogen-bond acceptors (Lipinski definition) is 8. The number of fused-ring (bicyclic) bond motifs is 2. The number of ether oxygens (including phenoxy) is 5. The first-order valence-electron chi connectivity index (χ1n) is 20.8. The predicted octanol–water partition coefficient (Wildman–Crippen LogP) is 8.89. The Morgan fingerprint density at radius 2 is 1.56 bits per heavy atom. The van der Waals surface area contributed by atoms with E-state index in [4.69, 9.17) is 23.7 Å². The van der Waals surface area contributed by atoms with Crippen molar-refractivity contribution >= 4 is 29.6 Å². The van der Waals surface area contributed by atoms with Crippen LogP contribution in [-0.4, -0.2) is 42.0 Å². The van der Waals surface area contributed by atoms with Gasteiger partial charge >= 0.3 is 17.9 Å². The minimum Gasteiger partial charge on any atom is -0.459 e. The minimum atomic E-state index is -0.689. The normalized spacial score (nSPS) is 27.1. The maximum atomic E-state index is 13.5. The van der Waals surface area contributed by atoms with Gasteiger partial charge in [0.25, 0.3) is 0 Å². The summed E-state index contributed by atoms with van der Waals surface area (Å²) in [6, 6.07) is 14.3. The van der Waals surface area contributed by atoms with E-state index in [9.17, 15) is 14.4 Å². The lowest BCUT2D eigenvalue weighted by atomic mass is 9.63. The number of carbonyl (C=O) groups excluding carboxylic acids is 3. The van der Waals surface area contributed by atoms with Gasteiger partial charge < -0.3 is 23.7 Å². The molecule has 0 spiro atoms. The van der Waals surface area contributed by atoms with Crippen LogP contribution in [0.5, 0.6) is 5.75 Å². The number of benzene rings is 2. The Morgan fingerprint density at radius 3 is 2.19 bits per heavy atom. The molecule has 0 bridgehead atoms. The molecule has 8 atom stereocenters. The van der Waals surface area contributed by atoms with Gasteiger partial charge in [-0.25, -0.2) is 14.4 Å². The first kappa shape index (κ1) is 41.7. The quantitative estimate of drug-likeness (QED) is 0.0652. The molecule has 1 heterocycles. The van der Waals surface area contributed by atoms with Crippen molar-refractivity contribution < 1.29 is 38.1 Å². The Hall–Kier alpha value is -5.47. The van der Waals surface area contributed by atoms with Crippen LogP contribution in [0.25, 0.3) is 11.6 Å². The van der Waals surface area contributed by atoms with Gasteiger partial charge in [-0.1, -0.05) is 94.3 Å². The summed E-state index contributed by atoms with van der Waals surface area (Å²) in [5, 5.41) is 1.67. The number of rotatable bonds is 13. The highest BCUT2D eigenvalue weighted by Gasteiger charge is 2.59. The third kappa shape index (κ3) is 8.65. The second-order valence-corrected chi connectivity index (χ2v) is 17.0. The van der Waals surface area contributed by atoms with Gasteiger partial charge in [0.1, 0.15) is 29.8 Å². The van der Waals surface area contributed by atoms with Crippen molar-refractivity contribution in [3.05, 3.63) is 148 Å². The van der Waals surface area contributed by atoms with Crippen LogP contribution < -0.4 is 15.2 Å². The zero-order chi connectivity index (χ0) is 42.2. The van der Waals surface area contributed by atoms with Crippen molar-refractivity contribution in [2.45, 2.75) is 110 Å². The van der Waals surface area contributed by atoms with Gasteiger partial charge in [-0.2, -0.15) is 0 Å². The summed E-state index contributed by atoms with van der Waals surface area (Å²) in [5.74, 6) is -1.65. The summed E-state index contributed by atoms with van der Waals surface area (Å²) >= 11 is 0. The molecule has 0 radical (unpaired) electrons. The Morgan fingerprint density at radius 1 is 0.864 bits per heavy atom. The molecule has 8 nitrogen and oxygen atoms in total. The van der Waals surface area contributed by atoms with Crippen molar-refractivity contribution in [3.8, 4) is 5.75 Å². The van der Waals surface area contributed by atoms with Gasteiger partial charge in [0.05, 0.1) is 0 Å². The topological polar surface area (TPSA) is 101 Å². The summed E-state index contributed by atoms with van der Waals surface area (Å²) in [6.07, 6.45) is 17.7. The smallest absolute Gasteiger partial charge is 0.338 e. The van der Waals surface area contributed by atoms with E-state index in [-0.39, 0.29) is 35.0 Å². The summed E-state index contributed by atoms with van der Waals surface area (Å²) < 4.78 is 31.0. The number of hydrogen-bond donors (Lipinski definition) is 0. The highest BCUT2D eigenvalue weighted by Crippen LogP contribution is 2.51. The number of allylic oxidation sites excluding steroid dienone is 6. The third-order valence-electron chi connectivity index (χ3n) is 12.2. The predicted molar refractivity (Wildman–Crippen MR) is 229 cm³/mol. The minimum absolute atomic E-state index is 0.0340. The summed E-state index contributed by atoms with van der Waals surface area (Å²) in [5.41, 5.74) is 5.01. The van der Waals surface area contributed by atoms with Crippen molar-refractivity contribution in [2.24, 2.45) is 17.8 Å². The molecular formula is C51H56O8. The van der Waals surface area contributed by atoms with Gasteiger partial charge in [-0.05, 0) is 104 Å². The van der Waals surface area contributed by atoms with E-state index in [0.29, 0.717) is 35.8 Å². The molecular weight excluding hydrogens is 741 g/mol. The molecule has 1 fully saturated rings. The molecule has 0 saturated carbocycles. The van der Waals surface area contributed by atoms with Gasteiger partial charge in [-0.3, -0.25) is 0 Å². The molecule has 2 aromatic rings. The number of carbonyl (C=O) groups is 3. The molecule has 2 aromatic carbocycles. The molecule has 1 saturated heterocycles. The molecule has 8 heteroatoms. The molecule has 0 aromatic heterocycles. The lowest BCUT2D eigenvalue weighted by Crippen LogP contribution is -2.45. The molecule has 308 valence electrons. The van der Waals surface area contributed by atoms with E-state index >= 15 is 0 Å². The maximum Gasteiger partial charge on any atom is 0.338 e. The van der Waals surface area contributed by atoms with Gasteiger partial charge in [-0.15, -0.1) is 0 Å². The van der Waals surface area contributed by atoms with Crippen LogP contribution in [0.3, 0.4) is 0 Å². The summed E-state index contributed by atoms with van der Waals surface area (Å²) in [4.78, 5) is 39.5. The van der Waals surface area contributed by atoms with Gasteiger partial charge in [0, 0.05) is 59.2 Å². The van der Waals surface area contributed by atoms with Crippen LogP contribution in [0.1, 0.15) is 96.6 Å². The van der Waals surface area contributed by atoms with E-state index < -0.39 is 41.8 Å². The maximum absolute atomic E-state index is 13.5. The zero-order valence-corrected chi connectivity index (χ0v) is 35.1.